The fraction of sp³-hybridized carbons (Fsp3) is 0.286. The number of amides is 1. The van der Waals surface area contributed by atoms with Gasteiger partial charge in [-0.15, -0.1) is 0 Å². The van der Waals surface area contributed by atoms with Crippen LogP contribution in [-0.4, -0.2) is 53.8 Å². The number of nitrogens with zero attached hydrogens (tertiary/aromatic N) is 5. The van der Waals surface area contributed by atoms with Crippen molar-refractivity contribution in [1.82, 2.24) is 23.8 Å². The molecule has 1 atom stereocenters. The van der Waals surface area contributed by atoms with Crippen molar-refractivity contribution in [2.45, 2.75) is 39.3 Å². The number of likely N-dealkylation sites (tertiary alicyclic amines) is 1. The van der Waals surface area contributed by atoms with Gasteiger partial charge in [-0.25, -0.2) is 9.97 Å². The van der Waals surface area contributed by atoms with E-state index >= 15 is 0 Å². The van der Waals surface area contributed by atoms with Crippen molar-refractivity contribution >= 4 is 23.1 Å². The Morgan fingerprint density at radius 1 is 1.11 bits per heavy atom. The van der Waals surface area contributed by atoms with Gasteiger partial charge in [-0.05, 0) is 49.6 Å². The molecule has 1 saturated heterocycles. The third-order valence-electron chi connectivity index (χ3n) is 6.49. The second kappa shape index (κ2) is 10.3. The minimum atomic E-state index is -0.762. The Morgan fingerprint density at radius 2 is 1.97 bits per heavy atom. The van der Waals surface area contributed by atoms with Crippen LogP contribution in [0.4, 0.5) is 0 Å². The minimum absolute atomic E-state index is 0.0500. The molecule has 9 heteroatoms. The standard InChI is InChI=1S/C28H29N5O4/c1-3-16-37-21-9-6-8-20(17-21)25-23(26(34)24-19(2)30-22-10-4-5-13-32(22)24)27(35)28(36)33(25)14-7-12-31-15-11-29-18-31/h4-6,8-11,13,15,17-18,25,34H,3,7,12,14,16H2,1-2H3/b26-23+. The molecule has 37 heavy (non-hydrogen) atoms. The zero-order valence-corrected chi connectivity index (χ0v) is 20.9. The third kappa shape index (κ3) is 4.60. The van der Waals surface area contributed by atoms with Crippen LogP contribution in [0.3, 0.4) is 0 Å². The summed E-state index contributed by atoms with van der Waals surface area (Å²) in [6, 6.07) is 12.1. The zero-order chi connectivity index (χ0) is 25.9. The molecule has 3 aromatic heterocycles. The van der Waals surface area contributed by atoms with Crippen molar-refractivity contribution < 1.29 is 19.4 Å². The number of hydrogen-bond donors (Lipinski definition) is 1. The van der Waals surface area contributed by atoms with Crippen LogP contribution >= 0.6 is 0 Å². The van der Waals surface area contributed by atoms with Crippen LogP contribution in [0.2, 0.25) is 0 Å². The molecule has 1 aliphatic heterocycles. The Kier molecular flexibility index (Phi) is 6.76. The lowest BCUT2D eigenvalue weighted by molar-refractivity contribution is -0.139. The quantitative estimate of drug-likeness (QED) is 0.211. The van der Waals surface area contributed by atoms with E-state index in [9.17, 15) is 14.7 Å². The molecule has 1 unspecified atom stereocenters. The van der Waals surface area contributed by atoms with Gasteiger partial charge < -0.3 is 19.3 Å². The minimum Gasteiger partial charge on any atom is -0.505 e. The van der Waals surface area contributed by atoms with E-state index in [0.29, 0.717) is 54.5 Å². The molecule has 0 bridgehead atoms. The molecular weight excluding hydrogens is 470 g/mol. The summed E-state index contributed by atoms with van der Waals surface area (Å²) in [5.74, 6) is -0.940. The van der Waals surface area contributed by atoms with E-state index in [1.54, 1.807) is 34.9 Å². The highest BCUT2D eigenvalue weighted by Crippen LogP contribution is 2.41. The van der Waals surface area contributed by atoms with Gasteiger partial charge >= 0.3 is 0 Å². The molecule has 1 fully saturated rings. The largest absolute Gasteiger partial charge is 0.505 e. The number of fused-ring (bicyclic) bond motifs is 1. The molecule has 1 amide bonds. The van der Waals surface area contributed by atoms with Gasteiger partial charge in [-0.3, -0.25) is 14.0 Å². The van der Waals surface area contributed by atoms with Gasteiger partial charge in [-0.1, -0.05) is 25.1 Å². The van der Waals surface area contributed by atoms with Gasteiger partial charge in [0, 0.05) is 31.7 Å². The molecule has 0 spiro atoms. The number of ketones is 1. The van der Waals surface area contributed by atoms with Gasteiger partial charge in [0.2, 0.25) is 0 Å². The number of ether oxygens (including phenoxy) is 1. The number of aromatic nitrogens is 4. The first-order valence-corrected chi connectivity index (χ1v) is 12.4. The van der Waals surface area contributed by atoms with E-state index in [1.807, 2.05) is 60.2 Å². The van der Waals surface area contributed by atoms with Gasteiger partial charge in [0.15, 0.2) is 5.76 Å². The average molecular weight is 500 g/mol. The molecule has 4 heterocycles. The molecule has 5 rings (SSSR count). The number of carbonyl (C=O) groups excluding carboxylic acids is 2. The SMILES string of the molecule is CCCOc1cccc(C2/C(=C(\O)c3c(C)nc4ccccn34)C(=O)C(=O)N2CCCn2ccnc2)c1. The maximum atomic E-state index is 13.4. The van der Waals surface area contributed by atoms with Crippen molar-refractivity contribution in [2.75, 3.05) is 13.2 Å². The van der Waals surface area contributed by atoms with Crippen LogP contribution in [0.1, 0.15) is 42.8 Å². The predicted molar refractivity (Wildman–Crippen MR) is 138 cm³/mol. The van der Waals surface area contributed by atoms with E-state index < -0.39 is 17.7 Å². The molecule has 0 saturated carbocycles. The molecule has 0 radical (unpaired) electrons. The van der Waals surface area contributed by atoms with Gasteiger partial charge in [-0.2, -0.15) is 0 Å². The fourth-order valence-corrected chi connectivity index (χ4v) is 4.82. The first kappa shape index (κ1) is 24.3. The Labute approximate surface area is 214 Å². The topological polar surface area (TPSA) is 102 Å². The van der Waals surface area contributed by atoms with Crippen LogP contribution in [0, 0.1) is 6.92 Å². The smallest absolute Gasteiger partial charge is 0.295 e. The van der Waals surface area contributed by atoms with E-state index in [0.717, 1.165) is 6.42 Å². The van der Waals surface area contributed by atoms with E-state index in [4.69, 9.17) is 4.74 Å². The molecule has 0 aliphatic carbocycles. The first-order chi connectivity index (χ1) is 18.0. The number of aliphatic hydroxyl groups excluding tert-OH is 1. The van der Waals surface area contributed by atoms with Gasteiger partial charge in [0.25, 0.3) is 11.7 Å². The number of carbonyl (C=O) groups is 2. The van der Waals surface area contributed by atoms with Crippen LogP contribution in [0.15, 0.2) is 73.0 Å². The summed E-state index contributed by atoms with van der Waals surface area (Å²) < 4.78 is 9.48. The molecule has 4 aromatic rings. The lowest BCUT2D eigenvalue weighted by Crippen LogP contribution is -2.31. The maximum Gasteiger partial charge on any atom is 0.295 e. The number of hydrogen-bond acceptors (Lipinski definition) is 6. The summed E-state index contributed by atoms with van der Waals surface area (Å²) in [4.78, 5) is 36.9. The number of imidazole rings is 2. The Bertz CT molecular complexity index is 1470. The molecule has 9 nitrogen and oxygen atoms in total. The third-order valence-corrected chi connectivity index (χ3v) is 6.49. The highest BCUT2D eigenvalue weighted by molar-refractivity contribution is 6.46. The van der Waals surface area contributed by atoms with Gasteiger partial charge in [0.05, 0.1) is 30.2 Å². The van der Waals surface area contributed by atoms with Crippen molar-refractivity contribution in [3.8, 4) is 5.75 Å². The average Bonchev–Trinajstić information content (AvgIpc) is 3.60. The number of aryl methyl sites for hydroxylation is 2. The highest BCUT2D eigenvalue weighted by atomic mass is 16.5. The molecular formula is C28H29N5O4. The normalized spacial score (nSPS) is 17.1. The number of rotatable bonds is 9. The molecule has 1 aromatic carbocycles. The summed E-state index contributed by atoms with van der Waals surface area (Å²) in [7, 11) is 0. The summed E-state index contributed by atoms with van der Waals surface area (Å²) in [5.41, 5.74) is 2.35. The van der Waals surface area contributed by atoms with Crippen LogP contribution in [0.5, 0.6) is 5.75 Å². The lowest BCUT2D eigenvalue weighted by Gasteiger charge is -2.25. The van der Waals surface area contributed by atoms with Crippen LogP contribution < -0.4 is 4.74 Å². The second-order valence-electron chi connectivity index (χ2n) is 9.04. The van der Waals surface area contributed by atoms with E-state index in [2.05, 4.69) is 9.97 Å². The van der Waals surface area contributed by atoms with Crippen LogP contribution in [0.25, 0.3) is 11.4 Å². The molecule has 1 aliphatic rings. The number of benzene rings is 1. The summed E-state index contributed by atoms with van der Waals surface area (Å²) in [6.07, 6.45) is 8.51. The summed E-state index contributed by atoms with van der Waals surface area (Å²) in [6.45, 7) is 5.32. The monoisotopic (exact) mass is 499 g/mol. The number of pyridine rings is 1. The lowest BCUT2D eigenvalue weighted by atomic mass is 9.96. The Morgan fingerprint density at radius 3 is 2.76 bits per heavy atom. The number of Topliss-reactive ketones (excluding diaryl/α,β-unsaturated/α-hetero) is 1. The maximum absolute atomic E-state index is 13.4. The van der Waals surface area contributed by atoms with Crippen molar-refractivity contribution in [1.29, 1.82) is 0 Å². The zero-order valence-electron chi connectivity index (χ0n) is 20.9. The molecule has 1 N–H and O–H groups in total. The van der Waals surface area contributed by atoms with E-state index in [1.165, 1.54) is 0 Å². The molecule has 190 valence electrons. The van der Waals surface area contributed by atoms with Crippen molar-refractivity contribution in [3.63, 3.8) is 0 Å². The fourth-order valence-electron chi connectivity index (χ4n) is 4.82. The van der Waals surface area contributed by atoms with Crippen LogP contribution in [-0.2, 0) is 16.1 Å². The highest BCUT2D eigenvalue weighted by Gasteiger charge is 2.46. The first-order valence-electron chi connectivity index (χ1n) is 12.4. The Balaban J connectivity index is 1.60. The van der Waals surface area contributed by atoms with Crippen molar-refractivity contribution in [3.05, 3.63) is 89.9 Å². The van der Waals surface area contributed by atoms with E-state index in [-0.39, 0.29) is 11.3 Å². The van der Waals surface area contributed by atoms with Crippen molar-refractivity contribution in [2.24, 2.45) is 0 Å². The number of aliphatic hydroxyl groups is 1. The second-order valence-corrected chi connectivity index (χ2v) is 9.04. The summed E-state index contributed by atoms with van der Waals surface area (Å²) in [5, 5.41) is 11.6. The summed E-state index contributed by atoms with van der Waals surface area (Å²) >= 11 is 0. The van der Waals surface area contributed by atoms with Gasteiger partial charge in [0.1, 0.15) is 17.1 Å². The Hall–Kier alpha value is -4.40. The predicted octanol–water partition coefficient (Wildman–Crippen LogP) is 4.14.